The number of nitrogens with one attached hydrogen (secondary N) is 2. The van der Waals surface area contributed by atoms with Gasteiger partial charge in [-0.2, -0.15) is 5.10 Å². The third kappa shape index (κ3) is 3.00. The molecule has 3 aromatic rings. The molecule has 2 heterocycles. The number of carbonyl (C=O) groups excluding carboxylic acids is 1. The Morgan fingerprint density at radius 3 is 3.05 bits per heavy atom. The van der Waals surface area contributed by atoms with E-state index in [-0.39, 0.29) is 5.91 Å². The maximum Gasteiger partial charge on any atom is 0.236 e. The summed E-state index contributed by atoms with van der Waals surface area (Å²) in [5.41, 5.74) is 1.89. The van der Waals surface area contributed by atoms with Crippen LogP contribution in [0, 0.1) is 6.92 Å². The molecule has 7 heteroatoms. The Hall–Kier alpha value is -1.86. The number of rotatable bonds is 4. The first-order valence-corrected chi connectivity index (χ1v) is 7.81. The van der Waals surface area contributed by atoms with Crippen LogP contribution in [0.1, 0.15) is 5.69 Å². The maximum atomic E-state index is 11.8. The first-order chi connectivity index (χ1) is 9.70. The first-order valence-electron chi connectivity index (χ1n) is 6.01. The number of fused-ring (bicyclic) bond motifs is 1. The van der Waals surface area contributed by atoms with E-state index < -0.39 is 0 Å². The summed E-state index contributed by atoms with van der Waals surface area (Å²) in [5, 5.41) is 9.49. The second kappa shape index (κ2) is 5.64. The normalized spacial score (nSPS) is 10.8. The molecule has 0 aliphatic rings. The van der Waals surface area contributed by atoms with Crippen molar-refractivity contribution in [3.05, 3.63) is 36.0 Å². The quantitative estimate of drug-likeness (QED) is 0.727. The monoisotopic (exact) mass is 304 g/mol. The molecule has 0 saturated heterocycles. The highest BCUT2D eigenvalue weighted by Crippen LogP contribution is 2.29. The number of benzene rings is 1. The molecule has 0 unspecified atom stereocenters. The van der Waals surface area contributed by atoms with Crippen molar-refractivity contribution in [1.82, 2.24) is 15.2 Å². The number of H-pyrrole nitrogens is 1. The molecule has 1 amide bonds. The predicted molar refractivity (Wildman–Crippen MR) is 82.3 cm³/mol. The number of amides is 1. The molecular formula is C13H12N4OS2. The van der Waals surface area contributed by atoms with Gasteiger partial charge in [-0.3, -0.25) is 9.89 Å². The summed E-state index contributed by atoms with van der Waals surface area (Å²) in [6.45, 7) is 1.89. The largest absolute Gasteiger partial charge is 0.308 e. The highest BCUT2D eigenvalue weighted by Gasteiger charge is 2.08. The van der Waals surface area contributed by atoms with Gasteiger partial charge < -0.3 is 5.32 Å². The Morgan fingerprint density at radius 2 is 2.30 bits per heavy atom. The van der Waals surface area contributed by atoms with Crippen LogP contribution in [-0.4, -0.2) is 26.8 Å². The second-order valence-corrected chi connectivity index (χ2v) is 6.47. The van der Waals surface area contributed by atoms with Crippen LogP contribution in [0.4, 0.5) is 5.82 Å². The van der Waals surface area contributed by atoms with E-state index in [1.807, 2.05) is 31.2 Å². The number of carbonyl (C=O) groups is 1. The number of para-hydroxylation sites is 1. The van der Waals surface area contributed by atoms with E-state index in [1.54, 1.807) is 17.4 Å². The third-order valence-electron chi connectivity index (χ3n) is 2.57. The third-order valence-corrected chi connectivity index (χ3v) is 4.75. The Balaban J connectivity index is 1.59. The standard InChI is InChI=1S/C13H12N4OS2/c1-8-6-11(17-16-8)15-12(18)7-19-13-14-9-4-2-3-5-10(9)20-13/h2-6H,7H2,1H3,(H2,15,16,17,18). The molecule has 2 N–H and O–H groups in total. The molecule has 20 heavy (non-hydrogen) atoms. The fourth-order valence-corrected chi connectivity index (χ4v) is 3.57. The Morgan fingerprint density at radius 1 is 1.45 bits per heavy atom. The summed E-state index contributed by atoms with van der Waals surface area (Å²) < 4.78 is 2.04. The number of hydrogen-bond donors (Lipinski definition) is 2. The molecule has 0 radical (unpaired) electrons. The lowest BCUT2D eigenvalue weighted by atomic mass is 10.3. The van der Waals surface area contributed by atoms with Crippen LogP contribution in [0.15, 0.2) is 34.7 Å². The van der Waals surface area contributed by atoms with Crippen LogP contribution in [-0.2, 0) is 4.79 Å². The van der Waals surface area contributed by atoms with E-state index in [9.17, 15) is 4.79 Å². The molecule has 102 valence electrons. The van der Waals surface area contributed by atoms with Crippen molar-refractivity contribution in [3.8, 4) is 0 Å². The van der Waals surface area contributed by atoms with Crippen molar-refractivity contribution in [2.45, 2.75) is 11.3 Å². The topological polar surface area (TPSA) is 70.7 Å². The van der Waals surface area contributed by atoms with Gasteiger partial charge in [0.2, 0.25) is 5.91 Å². The Kier molecular flexibility index (Phi) is 3.70. The van der Waals surface area contributed by atoms with E-state index in [0.29, 0.717) is 11.6 Å². The van der Waals surface area contributed by atoms with Gasteiger partial charge in [-0.1, -0.05) is 23.9 Å². The highest BCUT2D eigenvalue weighted by molar-refractivity contribution is 8.01. The SMILES string of the molecule is Cc1cc(NC(=O)CSc2nc3ccccc3s2)n[nH]1. The molecule has 0 saturated carbocycles. The molecule has 2 aromatic heterocycles. The summed E-state index contributed by atoms with van der Waals surface area (Å²) >= 11 is 3.04. The number of aromatic amines is 1. The minimum Gasteiger partial charge on any atom is -0.308 e. The van der Waals surface area contributed by atoms with Gasteiger partial charge >= 0.3 is 0 Å². The Labute approximate surface area is 123 Å². The molecule has 3 rings (SSSR count). The first kappa shape index (κ1) is 13.1. The zero-order chi connectivity index (χ0) is 13.9. The summed E-state index contributed by atoms with van der Waals surface area (Å²) in [4.78, 5) is 16.3. The van der Waals surface area contributed by atoms with Crippen LogP contribution in [0.3, 0.4) is 0 Å². The van der Waals surface area contributed by atoms with Crippen LogP contribution in [0.25, 0.3) is 10.2 Å². The molecule has 0 fully saturated rings. The smallest absolute Gasteiger partial charge is 0.236 e. The molecular weight excluding hydrogens is 292 g/mol. The van der Waals surface area contributed by atoms with Crippen molar-refractivity contribution < 1.29 is 4.79 Å². The molecule has 1 aromatic carbocycles. The van der Waals surface area contributed by atoms with E-state index in [4.69, 9.17) is 0 Å². The van der Waals surface area contributed by atoms with Gasteiger partial charge in [-0.05, 0) is 19.1 Å². The number of anilines is 1. The maximum absolute atomic E-state index is 11.8. The van der Waals surface area contributed by atoms with Gasteiger partial charge in [0.15, 0.2) is 10.2 Å². The van der Waals surface area contributed by atoms with Gasteiger partial charge in [-0.15, -0.1) is 11.3 Å². The number of aryl methyl sites for hydroxylation is 1. The minimum atomic E-state index is -0.0826. The lowest BCUT2D eigenvalue weighted by Crippen LogP contribution is -2.14. The number of aromatic nitrogens is 3. The number of thioether (sulfide) groups is 1. The molecule has 0 aliphatic heterocycles. The van der Waals surface area contributed by atoms with E-state index >= 15 is 0 Å². The Bertz CT molecular complexity index is 717. The van der Waals surface area contributed by atoms with Gasteiger partial charge in [-0.25, -0.2) is 4.98 Å². The second-order valence-electron chi connectivity index (χ2n) is 4.22. The highest BCUT2D eigenvalue weighted by atomic mass is 32.2. The predicted octanol–water partition coefficient (Wildman–Crippen LogP) is 3.06. The minimum absolute atomic E-state index is 0.0826. The molecule has 0 aliphatic carbocycles. The molecule has 0 spiro atoms. The van der Waals surface area contributed by atoms with Crippen LogP contribution >= 0.6 is 23.1 Å². The lowest BCUT2D eigenvalue weighted by molar-refractivity contribution is -0.113. The van der Waals surface area contributed by atoms with Gasteiger partial charge in [0.05, 0.1) is 16.0 Å². The fraction of sp³-hybridized carbons (Fsp3) is 0.154. The molecule has 0 bridgehead atoms. The summed E-state index contributed by atoms with van der Waals surface area (Å²) in [7, 11) is 0. The van der Waals surface area contributed by atoms with Gasteiger partial charge in [0.25, 0.3) is 0 Å². The summed E-state index contributed by atoms with van der Waals surface area (Å²) in [6, 6.07) is 9.75. The average molecular weight is 304 g/mol. The number of thiazole rings is 1. The van der Waals surface area contributed by atoms with E-state index in [0.717, 1.165) is 20.3 Å². The average Bonchev–Trinajstić information content (AvgIpc) is 3.02. The number of nitrogens with zero attached hydrogens (tertiary/aromatic N) is 2. The fourth-order valence-electron chi connectivity index (χ4n) is 1.70. The van der Waals surface area contributed by atoms with Crippen molar-refractivity contribution in [3.63, 3.8) is 0 Å². The van der Waals surface area contributed by atoms with Gasteiger partial charge in [0.1, 0.15) is 0 Å². The number of hydrogen-bond acceptors (Lipinski definition) is 5. The molecule has 5 nitrogen and oxygen atoms in total. The van der Waals surface area contributed by atoms with Crippen LogP contribution in [0.5, 0.6) is 0 Å². The molecule has 0 atom stereocenters. The van der Waals surface area contributed by atoms with Crippen molar-refractivity contribution >= 4 is 45.0 Å². The zero-order valence-corrected chi connectivity index (χ0v) is 12.3. The van der Waals surface area contributed by atoms with E-state index in [1.165, 1.54) is 11.8 Å². The zero-order valence-electron chi connectivity index (χ0n) is 10.7. The van der Waals surface area contributed by atoms with Crippen molar-refractivity contribution in [2.24, 2.45) is 0 Å². The van der Waals surface area contributed by atoms with Crippen LogP contribution in [0.2, 0.25) is 0 Å². The summed E-state index contributed by atoms with van der Waals surface area (Å²) in [5.74, 6) is 0.796. The van der Waals surface area contributed by atoms with E-state index in [2.05, 4.69) is 20.5 Å². The summed E-state index contributed by atoms with van der Waals surface area (Å²) in [6.07, 6.45) is 0. The van der Waals surface area contributed by atoms with Crippen molar-refractivity contribution in [1.29, 1.82) is 0 Å². The van der Waals surface area contributed by atoms with Gasteiger partial charge in [0, 0.05) is 11.8 Å². The van der Waals surface area contributed by atoms with Crippen molar-refractivity contribution in [2.75, 3.05) is 11.1 Å². The lowest BCUT2D eigenvalue weighted by Gasteiger charge is -1.99. The van der Waals surface area contributed by atoms with Crippen LogP contribution < -0.4 is 5.32 Å².